The summed E-state index contributed by atoms with van der Waals surface area (Å²) in [6, 6.07) is 7.86. The number of ether oxygens (including phenoxy) is 1. The Morgan fingerprint density at radius 2 is 1.93 bits per heavy atom. The van der Waals surface area contributed by atoms with Crippen molar-refractivity contribution < 1.29 is 19.1 Å². The van der Waals surface area contributed by atoms with Gasteiger partial charge < -0.3 is 19.1 Å². The average Bonchev–Trinajstić information content (AvgIpc) is 2.45. The summed E-state index contributed by atoms with van der Waals surface area (Å²) in [7, 11) is -1.80. The van der Waals surface area contributed by atoms with Gasteiger partial charge in [0.2, 0.25) is 0 Å². The molecule has 0 atom stereocenters. The molecule has 0 bridgehead atoms. The van der Waals surface area contributed by atoms with Crippen molar-refractivity contribution in [2.24, 2.45) is 0 Å². The van der Waals surface area contributed by atoms with Crippen LogP contribution in [0.5, 0.6) is 5.75 Å². The van der Waals surface area contributed by atoms with E-state index in [0.717, 1.165) is 17.7 Å². The zero-order valence-electron chi connectivity index (χ0n) is 11.6. The summed E-state index contributed by atoms with van der Waals surface area (Å²) in [6.45, 7) is 0. The van der Waals surface area contributed by atoms with E-state index in [1.165, 1.54) is 0 Å². The Balaban J connectivity index is 2.44. The number of rotatable bonds is 8. The van der Waals surface area contributed by atoms with E-state index in [1.807, 2.05) is 24.3 Å². The van der Waals surface area contributed by atoms with Crippen LogP contribution in [0.1, 0.15) is 12.0 Å². The quantitative estimate of drug-likeness (QED) is 0.574. The Bertz CT molecular complexity index is 337. The molecule has 3 N–H and O–H groups in total. The maximum Gasteiger partial charge on any atom is 0.492 e. The lowest BCUT2D eigenvalue weighted by Gasteiger charge is -2.08. The molecule has 1 aromatic carbocycles. The maximum atomic E-state index is 6.80. The SMILES string of the molecule is [3H]O[Si](CCCc1ccc(OC)cc1)(O[3H])O[3H]. The molecule has 0 heterocycles. The molecule has 0 fully saturated rings. The van der Waals surface area contributed by atoms with Gasteiger partial charge in [-0.1, -0.05) is 12.1 Å². The standard InChI is InChI=1S/C10H16O4Si/c1-14-10-6-4-9(5-7-10)3-2-8-15(11,12)13/h4-7,11-13H,2-3,8H2,1H3/i11T,12T,13T. The van der Waals surface area contributed by atoms with Gasteiger partial charge in [-0.3, -0.25) is 0 Å². The molecule has 0 saturated heterocycles. The largest absolute Gasteiger partial charge is 0.497 e. The third-order valence-corrected chi connectivity index (χ3v) is 3.07. The highest BCUT2D eigenvalue weighted by molar-refractivity contribution is 6.56. The van der Waals surface area contributed by atoms with Gasteiger partial charge in [0.1, 0.15) is 5.75 Å². The van der Waals surface area contributed by atoms with E-state index in [1.54, 1.807) is 7.11 Å². The Morgan fingerprint density at radius 1 is 1.27 bits per heavy atom. The van der Waals surface area contributed by atoms with Gasteiger partial charge in [0.05, 0.1) is 7.11 Å². The monoisotopic (exact) mass is 234 g/mol. The van der Waals surface area contributed by atoms with E-state index in [4.69, 9.17) is 9.03 Å². The van der Waals surface area contributed by atoms with Crippen LogP contribution in [0.15, 0.2) is 24.3 Å². The summed E-state index contributed by atoms with van der Waals surface area (Å²) >= 11 is 0. The minimum Gasteiger partial charge on any atom is -0.497 e. The van der Waals surface area contributed by atoms with Crippen molar-refractivity contribution in [3.8, 4) is 5.75 Å². The van der Waals surface area contributed by atoms with Crippen LogP contribution in [0.2, 0.25) is 6.04 Å². The first-order valence-electron chi connectivity index (χ1n) is 5.98. The van der Waals surface area contributed by atoms with Crippen molar-refractivity contribution in [2.45, 2.75) is 18.9 Å². The second-order valence-electron chi connectivity index (χ2n) is 3.38. The van der Waals surface area contributed by atoms with Gasteiger partial charge in [-0.05, 0) is 30.5 Å². The summed E-state index contributed by atoms with van der Waals surface area (Å²) in [6.07, 6.45) is 1.35. The zero-order valence-corrected chi connectivity index (χ0v) is 9.56. The first-order chi connectivity index (χ1) is 8.69. The van der Waals surface area contributed by atoms with Crippen LogP contribution in [0.3, 0.4) is 0 Å². The van der Waals surface area contributed by atoms with Gasteiger partial charge in [-0.25, -0.2) is 0 Å². The lowest BCUT2D eigenvalue weighted by Crippen LogP contribution is -2.34. The Morgan fingerprint density at radius 3 is 2.47 bits per heavy atom. The van der Waals surface area contributed by atoms with Crippen molar-refractivity contribution in [1.29, 1.82) is 4.29 Å². The van der Waals surface area contributed by atoms with E-state index >= 15 is 0 Å². The summed E-state index contributed by atoms with van der Waals surface area (Å²) in [5.41, 5.74) is 1.10. The number of methoxy groups -OCH3 is 1. The molecule has 0 aliphatic rings. The van der Waals surface area contributed by atoms with E-state index in [0.29, 0.717) is 6.42 Å². The van der Waals surface area contributed by atoms with Crippen LogP contribution >= 0.6 is 0 Å². The van der Waals surface area contributed by atoms with Crippen LogP contribution in [-0.2, 0) is 6.42 Å². The van der Waals surface area contributed by atoms with Crippen LogP contribution in [0.4, 0.5) is 0 Å². The lowest BCUT2D eigenvalue weighted by molar-refractivity contribution is 0.226. The number of hydrogen-bond acceptors (Lipinski definition) is 4. The van der Waals surface area contributed by atoms with Gasteiger partial charge in [0, 0.05) is 6.04 Å². The minimum atomic E-state index is -3.41. The molecule has 0 unspecified atom stereocenters. The molecule has 1 rings (SSSR count). The molecule has 0 aliphatic heterocycles. The topological polar surface area (TPSA) is 69.9 Å². The molecular formula is C10H16O4Si. The predicted molar refractivity (Wildman–Crippen MR) is 58.5 cm³/mol. The van der Waals surface area contributed by atoms with Crippen molar-refractivity contribution in [3.63, 3.8) is 0 Å². The van der Waals surface area contributed by atoms with Crippen molar-refractivity contribution >= 4 is 8.80 Å². The fraction of sp³-hybridized carbons (Fsp3) is 0.400. The zero-order chi connectivity index (χ0) is 13.4. The summed E-state index contributed by atoms with van der Waals surface area (Å²) in [4.78, 5) is 12.8. The maximum absolute atomic E-state index is 6.80. The fourth-order valence-corrected chi connectivity index (χ4v) is 1.91. The second-order valence-corrected chi connectivity index (χ2v) is 5.25. The summed E-state index contributed by atoms with van der Waals surface area (Å²) in [5.74, 6) is 0.793. The highest BCUT2D eigenvalue weighted by Crippen LogP contribution is 2.14. The highest BCUT2D eigenvalue weighted by atomic mass is 28.4. The highest BCUT2D eigenvalue weighted by Gasteiger charge is 2.25. The van der Waals surface area contributed by atoms with Crippen molar-refractivity contribution in [1.82, 2.24) is 0 Å². The van der Waals surface area contributed by atoms with Crippen LogP contribution in [-0.4, -0.2) is 34.6 Å². The minimum absolute atomic E-state index is 0.259. The molecule has 0 radical (unpaired) electrons. The fourth-order valence-electron chi connectivity index (χ4n) is 1.30. The molecule has 0 spiro atoms. The summed E-state index contributed by atoms with van der Waals surface area (Å²) < 4.78 is 25.5. The van der Waals surface area contributed by atoms with Crippen LogP contribution in [0, 0.1) is 0 Å². The van der Waals surface area contributed by atoms with E-state index < -0.39 is 8.80 Å². The summed E-state index contributed by atoms with van der Waals surface area (Å²) in [5, 5.41) is 0. The number of benzene rings is 1. The number of hydrogen-bond donors (Lipinski definition) is 3. The normalized spacial score (nSPS) is 14.1. The third kappa shape index (κ3) is 4.94. The smallest absolute Gasteiger partial charge is 0.492 e. The predicted octanol–water partition coefficient (Wildman–Crippen LogP) is 0.544. The molecule has 1 aromatic rings. The molecule has 0 saturated carbocycles. The van der Waals surface area contributed by atoms with Crippen LogP contribution in [0.25, 0.3) is 0 Å². The van der Waals surface area contributed by atoms with Gasteiger partial charge in [0.15, 0.2) is 4.29 Å². The van der Waals surface area contributed by atoms with Crippen LogP contribution < -0.4 is 4.74 Å². The molecule has 15 heavy (non-hydrogen) atoms. The lowest BCUT2D eigenvalue weighted by atomic mass is 10.1. The average molecular weight is 234 g/mol. The Kier molecular flexibility index (Phi) is 2.91. The Labute approximate surface area is 94.6 Å². The third-order valence-electron chi connectivity index (χ3n) is 2.11. The molecule has 0 amide bonds. The van der Waals surface area contributed by atoms with Gasteiger partial charge in [-0.2, -0.15) is 0 Å². The second kappa shape index (κ2) is 5.27. The molecule has 0 aromatic heterocycles. The van der Waals surface area contributed by atoms with Crippen molar-refractivity contribution in [3.05, 3.63) is 29.8 Å². The molecular weight excluding hydrogens is 212 g/mol. The first-order valence-corrected chi connectivity index (χ1v) is 6.69. The molecule has 4 nitrogen and oxygen atoms in total. The molecule has 84 valence electrons. The molecule has 5 heteroatoms. The van der Waals surface area contributed by atoms with E-state index in [-0.39, 0.29) is 6.04 Å². The first kappa shape index (κ1) is 8.29. The molecule has 0 aliphatic carbocycles. The van der Waals surface area contributed by atoms with Gasteiger partial charge in [-0.15, -0.1) is 0 Å². The Hall–Kier alpha value is -0.883. The number of aryl methyl sites for hydroxylation is 1. The van der Waals surface area contributed by atoms with E-state index in [2.05, 4.69) is 14.4 Å². The van der Waals surface area contributed by atoms with Gasteiger partial charge in [0.25, 0.3) is 0 Å². The van der Waals surface area contributed by atoms with E-state index in [9.17, 15) is 0 Å². The van der Waals surface area contributed by atoms with Crippen molar-refractivity contribution in [2.75, 3.05) is 7.11 Å². The van der Waals surface area contributed by atoms with Gasteiger partial charge >= 0.3 is 8.80 Å².